The molecule has 1 aromatic carbocycles. The third-order valence-electron chi connectivity index (χ3n) is 4.78. The highest BCUT2D eigenvalue weighted by molar-refractivity contribution is 7.89. The van der Waals surface area contributed by atoms with E-state index in [1.807, 2.05) is 6.92 Å². The SMILES string of the molecule is COc1ccc(S(=O)(=O)N2CCC(C(=O)Nc3cc(C)nn3C)CC2)cc1. The molecule has 1 amide bonds. The van der Waals surface area contributed by atoms with Crippen LogP contribution in [-0.2, 0) is 21.9 Å². The van der Waals surface area contributed by atoms with Crippen molar-refractivity contribution in [2.24, 2.45) is 13.0 Å². The average molecular weight is 392 g/mol. The molecular weight excluding hydrogens is 368 g/mol. The summed E-state index contributed by atoms with van der Waals surface area (Å²) < 4.78 is 33.7. The number of ether oxygens (including phenoxy) is 1. The summed E-state index contributed by atoms with van der Waals surface area (Å²) in [6.45, 7) is 2.49. The van der Waals surface area contributed by atoms with E-state index < -0.39 is 10.0 Å². The Morgan fingerprint density at radius 1 is 1.22 bits per heavy atom. The predicted octanol–water partition coefficient (Wildman–Crippen LogP) is 1.78. The van der Waals surface area contributed by atoms with Gasteiger partial charge in [-0.25, -0.2) is 8.42 Å². The van der Waals surface area contributed by atoms with Gasteiger partial charge in [0.25, 0.3) is 0 Å². The Labute approximate surface area is 159 Å². The second-order valence-corrected chi connectivity index (χ2v) is 8.58. The van der Waals surface area contributed by atoms with Crippen molar-refractivity contribution in [1.29, 1.82) is 0 Å². The molecule has 9 heteroatoms. The van der Waals surface area contributed by atoms with Gasteiger partial charge in [0, 0.05) is 32.1 Å². The topological polar surface area (TPSA) is 93.5 Å². The Balaban J connectivity index is 1.62. The minimum atomic E-state index is -3.57. The maximum absolute atomic E-state index is 12.8. The Hall–Kier alpha value is -2.39. The molecule has 3 rings (SSSR count). The summed E-state index contributed by atoms with van der Waals surface area (Å²) in [6.07, 6.45) is 0.968. The summed E-state index contributed by atoms with van der Waals surface area (Å²) in [5, 5.41) is 7.08. The molecule has 0 bridgehead atoms. The fourth-order valence-corrected chi connectivity index (χ4v) is 4.68. The standard InChI is InChI=1S/C18H24N4O4S/c1-13-12-17(21(2)20-13)19-18(23)14-8-10-22(11-9-14)27(24,25)16-6-4-15(26-3)5-7-16/h4-7,12,14H,8-11H2,1-3H3,(H,19,23). The summed E-state index contributed by atoms with van der Waals surface area (Å²) in [5.41, 5.74) is 0.827. The number of anilines is 1. The molecule has 0 radical (unpaired) electrons. The van der Waals surface area contributed by atoms with Crippen molar-refractivity contribution in [3.63, 3.8) is 0 Å². The van der Waals surface area contributed by atoms with Crippen molar-refractivity contribution < 1.29 is 17.9 Å². The maximum Gasteiger partial charge on any atom is 0.243 e. The number of carbonyl (C=O) groups excluding carboxylic acids is 1. The van der Waals surface area contributed by atoms with E-state index in [1.165, 1.54) is 23.5 Å². The number of benzene rings is 1. The number of carbonyl (C=O) groups is 1. The molecule has 0 unspecified atom stereocenters. The lowest BCUT2D eigenvalue weighted by Gasteiger charge is -2.30. The number of piperidine rings is 1. The molecule has 1 fully saturated rings. The molecule has 0 aliphatic carbocycles. The predicted molar refractivity (Wildman–Crippen MR) is 101 cm³/mol. The van der Waals surface area contributed by atoms with Crippen LogP contribution in [0.2, 0.25) is 0 Å². The molecule has 27 heavy (non-hydrogen) atoms. The number of amides is 1. The highest BCUT2D eigenvalue weighted by atomic mass is 32.2. The lowest BCUT2D eigenvalue weighted by atomic mass is 9.97. The minimum absolute atomic E-state index is 0.0977. The lowest BCUT2D eigenvalue weighted by Crippen LogP contribution is -2.41. The Kier molecular flexibility index (Phi) is 5.52. The van der Waals surface area contributed by atoms with E-state index >= 15 is 0 Å². The first kappa shape index (κ1) is 19.4. The van der Waals surface area contributed by atoms with Crippen LogP contribution in [0.25, 0.3) is 0 Å². The van der Waals surface area contributed by atoms with Gasteiger partial charge in [-0.1, -0.05) is 0 Å². The molecule has 2 aromatic rings. The fourth-order valence-electron chi connectivity index (χ4n) is 3.21. The van der Waals surface area contributed by atoms with Crippen LogP contribution >= 0.6 is 0 Å². The fraction of sp³-hybridized carbons (Fsp3) is 0.444. The second-order valence-electron chi connectivity index (χ2n) is 6.64. The number of hydrogen-bond acceptors (Lipinski definition) is 5. The normalized spacial score (nSPS) is 16.3. The summed E-state index contributed by atoms with van der Waals surface area (Å²) in [4.78, 5) is 12.7. The second kappa shape index (κ2) is 7.69. The van der Waals surface area contributed by atoms with E-state index in [-0.39, 0.29) is 16.7 Å². The number of aryl methyl sites for hydroxylation is 2. The summed E-state index contributed by atoms with van der Waals surface area (Å²) in [6, 6.07) is 8.14. The third-order valence-corrected chi connectivity index (χ3v) is 6.69. The van der Waals surface area contributed by atoms with Gasteiger partial charge in [-0.2, -0.15) is 9.40 Å². The van der Waals surface area contributed by atoms with Crippen LogP contribution in [0.5, 0.6) is 5.75 Å². The first-order valence-corrected chi connectivity index (χ1v) is 10.2. The first-order valence-electron chi connectivity index (χ1n) is 8.77. The van der Waals surface area contributed by atoms with E-state index in [2.05, 4.69) is 10.4 Å². The van der Waals surface area contributed by atoms with Crippen molar-refractivity contribution in [3.05, 3.63) is 36.0 Å². The lowest BCUT2D eigenvalue weighted by molar-refractivity contribution is -0.121. The Morgan fingerprint density at radius 2 is 1.85 bits per heavy atom. The van der Waals surface area contributed by atoms with Gasteiger partial charge < -0.3 is 10.1 Å². The van der Waals surface area contributed by atoms with Crippen molar-refractivity contribution in [2.45, 2.75) is 24.7 Å². The molecule has 1 saturated heterocycles. The zero-order valence-corrected chi connectivity index (χ0v) is 16.5. The van der Waals surface area contributed by atoms with Crippen LogP contribution in [-0.4, -0.2) is 48.6 Å². The average Bonchev–Trinajstić information content (AvgIpc) is 2.98. The molecular formula is C18H24N4O4S. The van der Waals surface area contributed by atoms with Crippen LogP contribution in [0.4, 0.5) is 5.82 Å². The van der Waals surface area contributed by atoms with Gasteiger partial charge in [-0.15, -0.1) is 0 Å². The molecule has 0 spiro atoms. The summed E-state index contributed by atoms with van der Waals surface area (Å²) in [7, 11) is -0.262. The molecule has 1 aliphatic heterocycles. The van der Waals surface area contributed by atoms with Crippen molar-refractivity contribution in [1.82, 2.24) is 14.1 Å². The summed E-state index contributed by atoms with van der Waals surface area (Å²) in [5.74, 6) is 0.933. The van der Waals surface area contributed by atoms with Crippen LogP contribution in [0.1, 0.15) is 18.5 Å². The van der Waals surface area contributed by atoms with E-state index in [0.29, 0.717) is 37.5 Å². The minimum Gasteiger partial charge on any atom is -0.497 e. The third kappa shape index (κ3) is 4.14. The van der Waals surface area contributed by atoms with Gasteiger partial charge in [0.1, 0.15) is 11.6 Å². The van der Waals surface area contributed by atoms with Crippen LogP contribution in [0.3, 0.4) is 0 Å². The highest BCUT2D eigenvalue weighted by Gasteiger charge is 2.32. The molecule has 0 saturated carbocycles. The van der Waals surface area contributed by atoms with Crippen molar-refractivity contribution in [3.8, 4) is 5.75 Å². The van der Waals surface area contributed by atoms with E-state index in [9.17, 15) is 13.2 Å². The van der Waals surface area contributed by atoms with Crippen LogP contribution in [0, 0.1) is 12.8 Å². The van der Waals surface area contributed by atoms with Gasteiger partial charge in [0.2, 0.25) is 15.9 Å². The van der Waals surface area contributed by atoms with Gasteiger partial charge in [0.05, 0.1) is 17.7 Å². The molecule has 0 atom stereocenters. The number of sulfonamides is 1. The highest BCUT2D eigenvalue weighted by Crippen LogP contribution is 2.26. The smallest absolute Gasteiger partial charge is 0.243 e. The number of methoxy groups -OCH3 is 1. The number of nitrogens with zero attached hydrogens (tertiary/aromatic N) is 3. The van der Waals surface area contributed by atoms with Gasteiger partial charge >= 0.3 is 0 Å². The van der Waals surface area contributed by atoms with Crippen LogP contribution < -0.4 is 10.1 Å². The molecule has 1 aliphatic rings. The van der Waals surface area contributed by atoms with Crippen molar-refractivity contribution >= 4 is 21.7 Å². The zero-order chi connectivity index (χ0) is 19.6. The maximum atomic E-state index is 12.8. The molecule has 1 aromatic heterocycles. The molecule has 146 valence electrons. The first-order chi connectivity index (χ1) is 12.8. The van der Waals surface area contributed by atoms with Gasteiger partial charge in [-0.3, -0.25) is 9.48 Å². The monoisotopic (exact) mass is 392 g/mol. The Bertz CT molecular complexity index is 913. The molecule has 2 heterocycles. The number of nitrogens with one attached hydrogen (secondary N) is 1. The number of aromatic nitrogens is 2. The quantitative estimate of drug-likeness (QED) is 0.837. The van der Waals surface area contributed by atoms with Gasteiger partial charge in [-0.05, 0) is 44.0 Å². The Morgan fingerprint density at radius 3 is 2.37 bits per heavy atom. The van der Waals surface area contributed by atoms with E-state index in [0.717, 1.165) is 5.69 Å². The van der Waals surface area contributed by atoms with Crippen LogP contribution in [0.15, 0.2) is 35.2 Å². The zero-order valence-electron chi connectivity index (χ0n) is 15.7. The van der Waals surface area contributed by atoms with Crippen molar-refractivity contribution in [2.75, 3.05) is 25.5 Å². The molecule has 8 nitrogen and oxygen atoms in total. The molecule has 1 N–H and O–H groups in total. The van der Waals surface area contributed by atoms with E-state index in [4.69, 9.17) is 4.74 Å². The van der Waals surface area contributed by atoms with E-state index in [1.54, 1.807) is 29.9 Å². The summed E-state index contributed by atoms with van der Waals surface area (Å²) >= 11 is 0. The van der Waals surface area contributed by atoms with Gasteiger partial charge in [0.15, 0.2) is 0 Å². The number of rotatable bonds is 5. The largest absolute Gasteiger partial charge is 0.497 e. The number of hydrogen-bond donors (Lipinski definition) is 1.